The predicted octanol–water partition coefficient (Wildman–Crippen LogP) is 2.63. The zero-order chi connectivity index (χ0) is 11.9. The van der Waals surface area contributed by atoms with E-state index in [0.29, 0.717) is 13.2 Å². The van der Waals surface area contributed by atoms with E-state index in [-0.39, 0.29) is 5.82 Å². The molecule has 90 valence electrons. The number of benzene rings is 1. The van der Waals surface area contributed by atoms with E-state index in [2.05, 4.69) is 4.98 Å². The van der Waals surface area contributed by atoms with Crippen LogP contribution < -0.4 is 0 Å². The van der Waals surface area contributed by atoms with Crippen molar-refractivity contribution in [2.24, 2.45) is 0 Å². The Labute approximate surface area is 99.9 Å². The Balaban J connectivity index is 1.61. The number of aryl methyl sites for hydroxylation is 1. The first kappa shape index (κ1) is 11.8. The lowest BCUT2D eigenvalue weighted by molar-refractivity contribution is 0.115. The van der Waals surface area contributed by atoms with Crippen molar-refractivity contribution in [3.05, 3.63) is 54.4 Å². The molecule has 2 aromatic rings. The minimum Gasteiger partial charge on any atom is -0.377 e. The minimum absolute atomic E-state index is 0.214. The van der Waals surface area contributed by atoms with Crippen molar-refractivity contribution < 1.29 is 9.13 Å². The topological polar surface area (TPSA) is 27.1 Å². The highest BCUT2D eigenvalue weighted by molar-refractivity contribution is 5.14. The second kappa shape index (κ2) is 6.15. The fourth-order valence-electron chi connectivity index (χ4n) is 1.54. The second-order valence-corrected chi connectivity index (χ2v) is 3.83. The van der Waals surface area contributed by atoms with Crippen LogP contribution in [0.25, 0.3) is 0 Å². The maximum atomic E-state index is 12.6. The van der Waals surface area contributed by atoms with E-state index in [4.69, 9.17) is 4.74 Å². The number of hydrogen-bond donors (Lipinski definition) is 0. The molecule has 0 saturated heterocycles. The highest BCUT2D eigenvalue weighted by atomic mass is 19.1. The summed E-state index contributed by atoms with van der Waals surface area (Å²) in [4.78, 5) is 3.96. The maximum Gasteiger partial charge on any atom is 0.123 e. The van der Waals surface area contributed by atoms with E-state index in [1.165, 1.54) is 12.1 Å². The first-order chi connectivity index (χ1) is 8.34. The molecule has 1 aromatic heterocycles. The second-order valence-electron chi connectivity index (χ2n) is 3.83. The minimum atomic E-state index is -0.214. The van der Waals surface area contributed by atoms with Crippen LogP contribution in [-0.2, 0) is 17.9 Å². The van der Waals surface area contributed by atoms with Gasteiger partial charge in [-0.3, -0.25) is 0 Å². The van der Waals surface area contributed by atoms with Gasteiger partial charge in [0.15, 0.2) is 0 Å². The van der Waals surface area contributed by atoms with Crippen LogP contribution in [0.5, 0.6) is 0 Å². The Morgan fingerprint density at radius 1 is 1.24 bits per heavy atom. The monoisotopic (exact) mass is 234 g/mol. The van der Waals surface area contributed by atoms with E-state index in [1.54, 1.807) is 24.7 Å². The molecule has 0 amide bonds. The molecule has 0 aliphatic carbocycles. The summed E-state index contributed by atoms with van der Waals surface area (Å²) in [6.07, 6.45) is 6.43. The largest absolute Gasteiger partial charge is 0.377 e. The highest BCUT2D eigenvalue weighted by Crippen LogP contribution is 2.04. The average molecular weight is 234 g/mol. The molecule has 2 rings (SSSR count). The lowest BCUT2D eigenvalue weighted by Crippen LogP contribution is -2.01. The maximum absolute atomic E-state index is 12.6. The molecule has 0 radical (unpaired) electrons. The lowest BCUT2D eigenvalue weighted by Gasteiger charge is -2.05. The molecule has 17 heavy (non-hydrogen) atoms. The Kier molecular flexibility index (Phi) is 4.27. The number of imidazole rings is 1. The fourth-order valence-corrected chi connectivity index (χ4v) is 1.54. The van der Waals surface area contributed by atoms with Gasteiger partial charge in [0.05, 0.1) is 12.9 Å². The molecule has 1 aromatic carbocycles. The average Bonchev–Trinajstić information content (AvgIpc) is 2.84. The Hall–Kier alpha value is -1.68. The van der Waals surface area contributed by atoms with E-state index in [1.807, 2.05) is 10.8 Å². The summed E-state index contributed by atoms with van der Waals surface area (Å²) < 4.78 is 20.2. The van der Waals surface area contributed by atoms with Crippen LogP contribution >= 0.6 is 0 Å². The van der Waals surface area contributed by atoms with E-state index in [0.717, 1.165) is 18.5 Å². The molecule has 0 fully saturated rings. The van der Waals surface area contributed by atoms with Crippen LogP contribution in [0.15, 0.2) is 43.0 Å². The molecule has 0 atom stereocenters. The Morgan fingerprint density at radius 2 is 2.06 bits per heavy atom. The van der Waals surface area contributed by atoms with Gasteiger partial charge in [-0.15, -0.1) is 0 Å². The van der Waals surface area contributed by atoms with Gasteiger partial charge < -0.3 is 9.30 Å². The van der Waals surface area contributed by atoms with Crippen molar-refractivity contribution in [1.82, 2.24) is 9.55 Å². The van der Waals surface area contributed by atoms with Crippen molar-refractivity contribution in [2.75, 3.05) is 6.61 Å². The zero-order valence-electron chi connectivity index (χ0n) is 9.55. The van der Waals surface area contributed by atoms with Crippen LogP contribution in [0.1, 0.15) is 12.0 Å². The van der Waals surface area contributed by atoms with Gasteiger partial charge in [-0.25, -0.2) is 9.37 Å². The van der Waals surface area contributed by atoms with Crippen molar-refractivity contribution in [2.45, 2.75) is 19.6 Å². The van der Waals surface area contributed by atoms with E-state index >= 15 is 0 Å². The molecular formula is C13H15FN2O. The molecular weight excluding hydrogens is 219 g/mol. The summed E-state index contributed by atoms with van der Waals surface area (Å²) in [7, 11) is 0. The predicted molar refractivity (Wildman–Crippen MR) is 62.9 cm³/mol. The number of aromatic nitrogens is 2. The van der Waals surface area contributed by atoms with Crippen LogP contribution in [-0.4, -0.2) is 16.2 Å². The SMILES string of the molecule is Fc1ccc(COCCCn2ccnc2)cc1. The van der Waals surface area contributed by atoms with Gasteiger partial charge in [0.2, 0.25) is 0 Å². The van der Waals surface area contributed by atoms with Crippen LogP contribution in [0.3, 0.4) is 0 Å². The highest BCUT2D eigenvalue weighted by Gasteiger charge is 1.95. The molecule has 0 saturated carbocycles. The van der Waals surface area contributed by atoms with Crippen LogP contribution in [0.2, 0.25) is 0 Å². The van der Waals surface area contributed by atoms with Crippen molar-refractivity contribution >= 4 is 0 Å². The smallest absolute Gasteiger partial charge is 0.123 e. The zero-order valence-corrected chi connectivity index (χ0v) is 9.55. The Bertz CT molecular complexity index is 425. The molecule has 1 heterocycles. The fraction of sp³-hybridized carbons (Fsp3) is 0.308. The van der Waals surface area contributed by atoms with Crippen LogP contribution in [0.4, 0.5) is 4.39 Å². The number of hydrogen-bond acceptors (Lipinski definition) is 2. The molecule has 0 aliphatic heterocycles. The summed E-state index contributed by atoms with van der Waals surface area (Å²) in [5.41, 5.74) is 0.994. The van der Waals surface area contributed by atoms with Crippen molar-refractivity contribution in [1.29, 1.82) is 0 Å². The standard InChI is InChI=1S/C13H15FN2O/c14-13-4-2-12(3-5-13)10-17-9-1-7-16-8-6-15-11-16/h2-6,8,11H,1,7,9-10H2. The number of halogens is 1. The van der Waals surface area contributed by atoms with Crippen molar-refractivity contribution in [3.63, 3.8) is 0 Å². The van der Waals surface area contributed by atoms with Gasteiger partial charge >= 0.3 is 0 Å². The third-order valence-electron chi connectivity index (χ3n) is 2.45. The first-order valence-corrected chi connectivity index (χ1v) is 5.62. The number of nitrogens with zero attached hydrogens (tertiary/aromatic N) is 2. The molecule has 0 aliphatic rings. The molecule has 3 nitrogen and oxygen atoms in total. The number of ether oxygens (including phenoxy) is 1. The molecule has 0 bridgehead atoms. The van der Waals surface area contributed by atoms with E-state index < -0.39 is 0 Å². The Morgan fingerprint density at radius 3 is 2.76 bits per heavy atom. The summed E-state index contributed by atoms with van der Waals surface area (Å²) in [6, 6.07) is 6.38. The van der Waals surface area contributed by atoms with Gasteiger partial charge in [-0.05, 0) is 24.1 Å². The van der Waals surface area contributed by atoms with E-state index in [9.17, 15) is 4.39 Å². The summed E-state index contributed by atoms with van der Waals surface area (Å²) >= 11 is 0. The lowest BCUT2D eigenvalue weighted by atomic mass is 10.2. The van der Waals surface area contributed by atoms with Gasteiger partial charge in [-0.1, -0.05) is 12.1 Å². The van der Waals surface area contributed by atoms with Gasteiger partial charge in [-0.2, -0.15) is 0 Å². The summed E-state index contributed by atoms with van der Waals surface area (Å²) in [5.74, 6) is -0.214. The van der Waals surface area contributed by atoms with Gasteiger partial charge in [0, 0.05) is 25.5 Å². The summed E-state index contributed by atoms with van der Waals surface area (Å²) in [6.45, 7) is 2.13. The third-order valence-corrected chi connectivity index (χ3v) is 2.45. The molecule has 0 N–H and O–H groups in total. The molecule has 0 spiro atoms. The molecule has 0 unspecified atom stereocenters. The first-order valence-electron chi connectivity index (χ1n) is 5.62. The van der Waals surface area contributed by atoms with Crippen LogP contribution in [0, 0.1) is 5.82 Å². The summed E-state index contributed by atoms with van der Waals surface area (Å²) in [5, 5.41) is 0. The van der Waals surface area contributed by atoms with Crippen molar-refractivity contribution in [3.8, 4) is 0 Å². The van der Waals surface area contributed by atoms with Gasteiger partial charge in [0.1, 0.15) is 5.82 Å². The normalized spacial score (nSPS) is 10.6. The third kappa shape index (κ3) is 4.00. The quantitative estimate of drug-likeness (QED) is 0.718. The van der Waals surface area contributed by atoms with Gasteiger partial charge in [0.25, 0.3) is 0 Å². The molecule has 4 heteroatoms. The number of rotatable bonds is 6.